The molecule has 0 bridgehead atoms. The number of ether oxygens (including phenoxy) is 1. The number of carbonyl (C=O) groups is 1. The van der Waals surface area contributed by atoms with E-state index in [0.29, 0.717) is 24.6 Å². The number of rotatable bonds is 4. The third-order valence-corrected chi connectivity index (χ3v) is 5.77. The molecule has 1 aliphatic rings. The monoisotopic (exact) mass is 431 g/mol. The first-order valence-corrected chi connectivity index (χ1v) is 10.4. The van der Waals surface area contributed by atoms with Crippen molar-refractivity contribution in [2.45, 2.75) is 0 Å². The molecule has 4 aromatic rings. The van der Waals surface area contributed by atoms with E-state index in [2.05, 4.69) is 14.9 Å². The summed E-state index contributed by atoms with van der Waals surface area (Å²) >= 11 is 0. The molecule has 1 fully saturated rings. The van der Waals surface area contributed by atoms with Crippen LogP contribution >= 0.6 is 0 Å². The van der Waals surface area contributed by atoms with Crippen molar-refractivity contribution in [2.24, 2.45) is 0 Å². The SMILES string of the molecule is COc1ccc(N2CCN(C(=O)c3cn(-c4ncc(F)cn4)c4ccccc34)CC2)cc1. The number of para-hydroxylation sites is 1. The largest absolute Gasteiger partial charge is 0.497 e. The van der Waals surface area contributed by atoms with Crippen molar-refractivity contribution in [3.8, 4) is 11.7 Å². The zero-order chi connectivity index (χ0) is 22.1. The third-order valence-electron chi connectivity index (χ3n) is 5.77. The van der Waals surface area contributed by atoms with Crippen molar-refractivity contribution >= 4 is 22.5 Å². The van der Waals surface area contributed by atoms with E-state index >= 15 is 0 Å². The van der Waals surface area contributed by atoms with Gasteiger partial charge in [-0.25, -0.2) is 14.4 Å². The average Bonchev–Trinajstić information content (AvgIpc) is 3.24. The normalized spacial score (nSPS) is 14.1. The van der Waals surface area contributed by atoms with Crippen LogP contribution < -0.4 is 9.64 Å². The van der Waals surface area contributed by atoms with Gasteiger partial charge in [-0.1, -0.05) is 18.2 Å². The number of anilines is 1. The molecule has 8 heteroatoms. The van der Waals surface area contributed by atoms with Crippen LogP contribution in [0.2, 0.25) is 0 Å². The fourth-order valence-corrected chi connectivity index (χ4v) is 4.08. The lowest BCUT2D eigenvalue weighted by atomic mass is 10.1. The summed E-state index contributed by atoms with van der Waals surface area (Å²) in [7, 11) is 1.65. The quantitative estimate of drug-likeness (QED) is 0.495. The second kappa shape index (κ2) is 8.30. The van der Waals surface area contributed by atoms with Crippen molar-refractivity contribution in [1.82, 2.24) is 19.4 Å². The Bertz CT molecular complexity index is 1250. The van der Waals surface area contributed by atoms with Gasteiger partial charge in [-0.05, 0) is 30.3 Å². The van der Waals surface area contributed by atoms with Gasteiger partial charge in [0.2, 0.25) is 5.95 Å². The average molecular weight is 431 g/mol. The van der Waals surface area contributed by atoms with Crippen LogP contribution in [-0.2, 0) is 0 Å². The number of piperazine rings is 1. The molecule has 1 aliphatic heterocycles. The van der Waals surface area contributed by atoms with Gasteiger partial charge in [0.1, 0.15) is 5.75 Å². The summed E-state index contributed by atoms with van der Waals surface area (Å²) in [6.07, 6.45) is 3.99. The molecule has 0 radical (unpaired) electrons. The fraction of sp³-hybridized carbons (Fsp3) is 0.208. The van der Waals surface area contributed by atoms with Crippen LogP contribution in [-0.4, -0.2) is 58.6 Å². The summed E-state index contributed by atoms with van der Waals surface area (Å²) in [6, 6.07) is 15.6. The highest BCUT2D eigenvalue weighted by Crippen LogP contribution is 2.26. The molecule has 0 N–H and O–H groups in total. The van der Waals surface area contributed by atoms with Gasteiger partial charge in [-0.2, -0.15) is 0 Å². The highest BCUT2D eigenvalue weighted by atomic mass is 19.1. The predicted molar refractivity (Wildman–Crippen MR) is 120 cm³/mol. The van der Waals surface area contributed by atoms with E-state index in [-0.39, 0.29) is 5.91 Å². The van der Waals surface area contributed by atoms with E-state index in [1.54, 1.807) is 17.9 Å². The van der Waals surface area contributed by atoms with Crippen LogP contribution in [0, 0.1) is 5.82 Å². The van der Waals surface area contributed by atoms with Crippen molar-refractivity contribution < 1.29 is 13.9 Å². The highest BCUT2D eigenvalue weighted by Gasteiger charge is 2.25. The Morgan fingerprint density at radius 1 is 0.969 bits per heavy atom. The van der Waals surface area contributed by atoms with E-state index in [4.69, 9.17) is 4.74 Å². The minimum atomic E-state index is -0.503. The molecule has 0 atom stereocenters. The van der Waals surface area contributed by atoms with E-state index in [1.165, 1.54) is 0 Å². The summed E-state index contributed by atoms with van der Waals surface area (Å²) in [5.74, 6) is 0.614. The minimum Gasteiger partial charge on any atom is -0.497 e. The van der Waals surface area contributed by atoms with E-state index in [1.807, 2.05) is 53.4 Å². The smallest absolute Gasteiger partial charge is 0.256 e. The lowest BCUT2D eigenvalue weighted by Gasteiger charge is -2.36. The Balaban J connectivity index is 1.38. The molecule has 0 saturated carbocycles. The Hall–Kier alpha value is -3.94. The zero-order valence-electron chi connectivity index (χ0n) is 17.6. The van der Waals surface area contributed by atoms with E-state index in [9.17, 15) is 9.18 Å². The number of fused-ring (bicyclic) bond motifs is 1. The number of hydrogen-bond donors (Lipinski definition) is 0. The summed E-state index contributed by atoms with van der Waals surface area (Å²) in [6.45, 7) is 2.74. The van der Waals surface area contributed by atoms with Gasteiger partial charge in [0.05, 0.1) is 30.6 Å². The first-order valence-electron chi connectivity index (χ1n) is 10.4. The third kappa shape index (κ3) is 3.64. The first kappa shape index (κ1) is 20.0. The molecule has 0 unspecified atom stereocenters. The number of benzene rings is 2. The van der Waals surface area contributed by atoms with Crippen molar-refractivity contribution in [3.63, 3.8) is 0 Å². The Morgan fingerprint density at radius 3 is 2.34 bits per heavy atom. The minimum absolute atomic E-state index is 0.0311. The molecule has 2 aromatic heterocycles. The molecule has 3 heterocycles. The van der Waals surface area contributed by atoms with Crippen LogP contribution in [0.5, 0.6) is 5.75 Å². The number of aromatic nitrogens is 3. The molecule has 0 spiro atoms. The molecule has 7 nitrogen and oxygen atoms in total. The van der Waals surface area contributed by atoms with Crippen LogP contribution in [0.15, 0.2) is 67.1 Å². The molecule has 1 saturated heterocycles. The lowest BCUT2D eigenvalue weighted by Crippen LogP contribution is -2.48. The number of nitrogens with zero attached hydrogens (tertiary/aromatic N) is 5. The first-order chi connectivity index (χ1) is 15.6. The van der Waals surface area contributed by atoms with Gasteiger partial charge in [-0.3, -0.25) is 9.36 Å². The summed E-state index contributed by atoms with van der Waals surface area (Å²) in [4.78, 5) is 25.7. The molecule has 0 aliphatic carbocycles. The molecular weight excluding hydrogens is 409 g/mol. The van der Waals surface area contributed by atoms with Crippen molar-refractivity contribution in [3.05, 3.63) is 78.5 Å². The van der Waals surface area contributed by atoms with Gasteiger partial charge >= 0.3 is 0 Å². The van der Waals surface area contributed by atoms with Crippen LogP contribution in [0.3, 0.4) is 0 Å². The lowest BCUT2D eigenvalue weighted by molar-refractivity contribution is 0.0748. The maximum absolute atomic E-state index is 13.4. The van der Waals surface area contributed by atoms with Gasteiger partial charge in [0.15, 0.2) is 5.82 Å². The summed E-state index contributed by atoms with van der Waals surface area (Å²) in [5.41, 5.74) is 2.51. The van der Waals surface area contributed by atoms with E-state index < -0.39 is 5.82 Å². The molecule has 32 heavy (non-hydrogen) atoms. The maximum atomic E-state index is 13.4. The topological polar surface area (TPSA) is 63.5 Å². The Morgan fingerprint density at radius 2 is 1.66 bits per heavy atom. The fourth-order valence-electron chi connectivity index (χ4n) is 4.08. The Kier molecular flexibility index (Phi) is 5.18. The zero-order valence-corrected chi connectivity index (χ0v) is 17.6. The molecule has 162 valence electrons. The molecule has 5 rings (SSSR count). The van der Waals surface area contributed by atoms with Crippen molar-refractivity contribution in [2.75, 3.05) is 38.2 Å². The Labute approximate surface area is 184 Å². The number of methoxy groups -OCH3 is 1. The predicted octanol–water partition coefficient (Wildman–Crippen LogP) is 3.53. The van der Waals surface area contributed by atoms with Crippen LogP contribution in [0.25, 0.3) is 16.9 Å². The molecule has 1 amide bonds. The number of hydrogen-bond acceptors (Lipinski definition) is 5. The second-order valence-electron chi connectivity index (χ2n) is 7.61. The van der Waals surface area contributed by atoms with Crippen LogP contribution in [0.4, 0.5) is 10.1 Å². The van der Waals surface area contributed by atoms with Crippen molar-refractivity contribution in [1.29, 1.82) is 0 Å². The number of halogens is 1. The number of carbonyl (C=O) groups excluding carboxylic acids is 1. The van der Waals surface area contributed by atoms with Gasteiger partial charge in [0, 0.05) is 43.4 Å². The molecule has 2 aromatic carbocycles. The maximum Gasteiger partial charge on any atom is 0.256 e. The second-order valence-corrected chi connectivity index (χ2v) is 7.61. The molecular formula is C24H22FN5O2. The van der Waals surface area contributed by atoms with E-state index in [0.717, 1.165) is 47.8 Å². The highest BCUT2D eigenvalue weighted by molar-refractivity contribution is 6.07. The summed E-state index contributed by atoms with van der Waals surface area (Å²) in [5, 5.41) is 0.822. The van der Waals surface area contributed by atoms with Gasteiger partial charge in [-0.15, -0.1) is 0 Å². The van der Waals surface area contributed by atoms with Gasteiger partial charge in [0.25, 0.3) is 5.91 Å². The summed E-state index contributed by atoms with van der Waals surface area (Å²) < 4.78 is 20.2. The van der Waals surface area contributed by atoms with Gasteiger partial charge < -0.3 is 14.5 Å². The standard InChI is InChI=1S/C24H22FN5O2/c1-32-19-8-6-18(7-9-19)28-10-12-29(13-11-28)23(31)21-16-30(22-5-3-2-4-20(21)22)24-26-14-17(25)15-27-24/h2-9,14-16H,10-13H2,1H3. The van der Waals surface area contributed by atoms with Crippen LogP contribution in [0.1, 0.15) is 10.4 Å². The number of amides is 1.